The van der Waals surface area contributed by atoms with Crippen molar-refractivity contribution in [1.29, 1.82) is 0 Å². The fourth-order valence-corrected chi connectivity index (χ4v) is 3.20. The number of hydrogen-bond donors (Lipinski definition) is 1. The van der Waals surface area contributed by atoms with Crippen molar-refractivity contribution in [3.8, 4) is 0 Å². The van der Waals surface area contributed by atoms with Gasteiger partial charge < -0.3 is 10.6 Å². The van der Waals surface area contributed by atoms with Gasteiger partial charge in [-0.2, -0.15) is 0 Å². The van der Waals surface area contributed by atoms with E-state index in [-0.39, 0.29) is 11.9 Å². The lowest BCUT2D eigenvalue weighted by molar-refractivity contribution is -0.132. The number of amides is 1. The molecule has 0 aromatic rings. The molecular formula is C13H24N2O. The SMILES string of the molecule is CCCCC(N)C(=O)N1CC2CCCC2C1. The second-order valence-electron chi connectivity index (χ2n) is 5.44. The highest BCUT2D eigenvalue weighted by molar-refractivity contribution is 5.81. The molecule has 0 radical (unpaired) electrons. The Balaban J connectivity index is 1.82. The third-order valence-electron chi connectivity index (χ3n) is 4.22. The summed E-state index contributed by atoms with van der Waals surface area (Å²) >= 11 is 0. The van der Waals surface area contributed by atoms with E-state index in [9.17, 15) is 4.79 Å². The molecular weight excluding hydrogens is 200 g/mol. The Morgan fingerprint density at radius 1 is 1.38 bits per heavy atom. The standard InChI is InChI=1S/C13H24N2O/c1-2-3-7-12(14)13(16)15-8-10-5-4-6-11(10)9-15/h10-12H,2-9,14H2,1H3. The first-order valence-corrected chi connectivity index (χ1v) is 6.76. The van der Waals surface area contributed by atoms with Crippen LogP contribution < -0.4 is 5.73 Å². The molecule has 2 N–H and O–H groups in total. The zero-order chi connectivity index (χ0) is 11.5. The van der Waals surface area contributed by atoms with Crippen molar-refractivity contribution in [2.75, 3.05) is 13.1 Å². The molecule has 16 heavy (non-hydrogen) atoms. The number of nitrogens with two attached hydrogens (primary N) is 1. The predicted octanol–water partition coefficient (Wildman–Crippen LogP) is 1.76. The Morgan fingerprint density at radius 3 is 2.56 bits per heavy atom. The molecule has 92 valence electrons. The molecule has 1 saturated carbocycles. The van der Waals surface area contributed by atoms with Gasteiger partial charge >= 0.3 is 0 Å². The van der Waals surface area contributed by atoms with Crippen LogP contribution in [0.4, 0.5) is 0 Å². The molecule has 2 aliphatic rings. The fourth-order valence-electron chi connectivity index (χ4n) is 3.20. The average Bonchev–Trinajstić information content (AvgIpc) is 2.84. The summed E-state index contributed by atoms with van der Waals surface area (Å²) in [7, 11) is 0. The number of fused-ring (bicyclic) bond motifs is 1. The topological polar surface area (TPSA) is 46.3 Å². The summed E-state index contributed by atoms with van der Waals surface area (Å²) < 4.78 is 0. The van der Waals surface area contributed by atoms with E-state index in [4.69, 9.17) is 5.73 Å². The molecule has 1 aliphatic heterocycles. The zero-order valence-corrected chi connectivity index (χ0v) is 10.3. The third kappa shape index (κ3) is 2.40. The Labute approximate surface area is 98.4 Å². The molecule has 0 aromatic carbocycles. The Morgan fingerprint density at radius 2 is 2.00 bits per heavy atom. The van der Waals surface area contributed by atoms with E-state index in [1.165, 1.54) is 19.3 Å². The van der Waals surface area contributed by atoms with Gasteiger partial charge in [-0.1, -0.05) is 26.2 Å². The summed E-state index contributed by atoms with van der Waals surface area (Å²) in [6, 6.07) is -0.251. The lowest BCUT2D eigenvalue weighted by Crippen LogP contribution is -2.43. The van der Waals surface area contributed by atoms with Crippen LogP contribution in [0, 0.1) is 11.8 Å². The molecule has 1 heterocycles. The predicted molar refractivity (Wildman–Crippen MR) is 64.9 cm³/mol. The van der Waals surface area contributed by atoms with Crippen molar-refractivity contribution in [2.24, 2.45) is 17.6 Å². The smallest absolute Gasteiger partial charge is 0.239 e. The van der Waals surface area contributed by atoms with Crippen LogP contribution in [0.1, 0.15) is 45.4 Å². The summed E-state index contributed by atoms with van der Waals surface area (Å²) in [6.07, 6.45) is 7.03. The van der Waals surface area contributed by atoms with E-state index < -0.39 is 0 Å². The minimum absolute atomic E-state index is 0.197. The molecule has 3 atom stereocenters. The maximum Gasteiger partial charge on any atom is 0.239 e. The van der Waals surface area contributed by atoms with Gasteiger partial charge in [0.15, 0.2) is 0 Å². The van der Waals surface area contributed by atoms with Crippen molar-refractivity contribution in [1.82, 2.24) is 4.90 Å². The van der Waals surface area contributed by atoms with Crippen LogP contribution in [0.2, 0.25) is 0 Å². The van der Waals surface area contributed by atoms with Gasteiger partial charge in [-0.15, -0.1) is 0 Å². The molecule has 3 unspecified atom stereocenters. The van der Waals surface area contributed by atoms with Crippen molar-refractivity contribution in [3.63, 3.8) is 0 Å². The minimum atomic E-state index is -0.251. The molecule has 0 aromatic heterocycles. The summed E-state index contributed by atoms with van der Waals surface area (Å²) in [6.45, 7) is 4.09. The van der Waals surface area contributed by atoms with Gasteiger partial charge in [-0.3, -0.25) is 4.79 Å². The normalized spacial score (nSPS) is 30.5. The maximum atomic E-state index is 12.1. The van der Waals surface area contributed by atoms with Crippen LogP contribution in [0.3, 0.4) is 0 Å². The van der Waals surface area contributed by atoms with E-state index in [1.54, 1.807) is 0 Å². The zero-order valence-electron chi connectivity index (χ0n) is 10.3. The number of carbonyl (C=O) groups excluding carboxylic acids is 1. The highest BCUT2D eigenvalue weighted by Crippen LogP contribution is 2.37. The van der Waals surface area contributed by atoms with Crippen molar-refractivity contribution in [3.05, 3.63) is 0 Å². The second kappa shape index (κ2) is 5.17. The first kappa shape index (κ1) is 11.9. The molecule has 3 heteroatoms. The van der Waals surface area contributed by atoms with E-state index in [0.29, 0.717) is 0 Å². The van der Waals surface area contributed by atoms with Gasteiger partial charge in [0, 0.05) is 13.1 Å². The average molecular weight is 224 g/mol. The van der Waals surface area contributed by atoms with Gasteiger partial charge in [0.2, 0.25) is 5.91 Å². The summed E-state index contributed by atoms with van der Waals surface area (Å²) in [5, 5.41) is 0. The fraction of sp³-hybridized carbons (Fsp3) is 0.923. The first-order chi connectivity index (χ1) is 7.72. The van der Waals surface area contributed by atoms with Crippen molar-refractivity contribution < 1.29 is 4.79 Å². The summed E-state index contributed by atoms with van der Waals surface area (Å²) in [5.74, 6) is 1.76. The Bertz CT molecular complexity index is 242. The highest BCUT2D eigenvalue weighted by Gasteiger charge is 2.38. The lowest BCUT2D eigenvalue weighted by Gasteiger charge is -2.21. The van der Waals surface area contributed by atoms with Gasteiger partial charge in [0.05, 0.1) is 6.04 Å². The van der Waals surface area contributed by atoms with Crippen LogP contribution in [0.5, 0.6) is 0 Å². The third-order valence-corrected chi connectivity index (χ3v) is 4.22. The molecule has 0 spiro atoms. The molecule has 1 saturated heterocycles. The minimum Gasteiger partial charge on any atom is -0.341 e. The monoisotopic (exact) mass is 224 g/mol. The van der Waals surface area contributed by atoms with E-state index in [2.05, 4.69) is 6.92 Å². The number of hydrogen-bond acceptors (Lipinski definition) is 2. The Hall–Kier alpha value is -0.570. The number of nitrogens with zero attached hydrogens (tertiary/aromatic N) is 1. The highest BCUT2D eigenvalue weighted by atomic mass is 16.2. The largest absolute Gasteiger partial charge is 0.341 e. The summed E-state index contributed by atoms with van der Waals surface area (Å²) in [4.78, 5) is 14.1. The maximum absolute atomic E-state index is 12.1. The van der Waals surface area contributed by atoms with Crippen LogP contribution in [0.25, 0.3) is 0 Å². The van der Waals surface area contributed by atoms with Crippen LogP contribution in [-0.2, 0) is 4.79 Å². The first-order valence-electron chi connectivity index (χ1n) is 6.76. The van der Waals surface area contributed by atoms with Gasteiger partial charge in [0.25, 0.3) is 0 Å². The molecule has 1 amide bonds. The van der Waals surface area contributed by atoms with E-state index >= 15 is 0 Å². The van der Waals surface area contributed by atoms with Crippen LogP contribution in [0.15, 0.2) is 0 Å². The van der Waals surface area contributed by atoms with Crippen molar-refractivity contribution in [2.45, 2.75) is 51.5 Å². The second-order valence-corrected chi connectivity index (χ2v) is 5.44. The van der Waals surface area contributed by atoms with E-state index in [0.717, 1.165) is 44.2 Å². The van der Waals surface area contributed by atoms with Gasteiger partial charge in [-0.05, 0) is 31.1 Å². The van der Waals surface area contributed by atoms with Gasteiger partial charge in [0.1, 0.15) is 0 Å². The summed E-state index contributed by atoms with van der Waals surface area (Å²) in [5.41, 5.74) is 5.94. The van der Waals surface area contributed by atoms with E-state index in [1.807, 2.05) is 4.90 Å². The molecule has 2 fully saturated rings. The molecule has 2 rings (SSSR count). The van der Waals surface area contributed by atoms with Crippen LogP contribution >= 0.6 is 0 Å². The van der Waals surface area contributed by atoms with Gasteiger partial charge in [-0.25, -0.2) is 0 Å². The number of carbonyl (C=O) groups is 1. The lowest BCUT2D eigenvalue weighted by atomic mass is 10.0. The molecule has 1 aliphatic carbocycles. The quantitative estimate of drug-likeness (QED) is 0.791. The number of likely N-dealkylation sites (tertiary alicyclic amines) is 1. The Kier molecular flexibility index (Phi) is 3.85. The molecule has 0 bridgehead atoms. The molecule has 3 nitrogen and oxygen atoms in total. The number of rotatable bonds is 4. The van der Waals surface area contributed by atoms with Crippen LogP contribution in [-0.4, -0.2) is 29.9 Å². The number of unbranched alkanes of at least 4 members (excludes halogenated alkanes) is 1. The van der Waals surface area contributed by atoms with Crippen molar-refractivity contribution >= 4 is 5.91 Å².